The third kappa shape index (κ3) is 4.60. The van der Waals surface area contributed by atoms with Gasteiger partial charge in [0.05, 0.1) is 5.92 Å². The molecule has 1 aliphatic carbocycles. The SMILES string of the molecule is CN(C)[C@H]1CCCCC[C@H]1C1=NOCC(CN2CCCCC2)O1. The topological polar surface area (TPSA) is 37.3 Å². The molecule has 1 unspecified atom stereocenters. The molecular weight excluding hydrogens is 290 g/mol. The second-order valence-electron chi connectivity index (χ2n) is 7.60. The normalized spacial score (nSPS) is 33.5. The van der Waals surface area contributed by atoms with Crippen molar-refractivity contribution in [2.75, 3.05) is 40.3 Å². The van der Waals surface area contributed by atoms with Crippen LogP contribution < -0.4 is 0 Å². The second kappa shape index (κ2) is 8.34. The van der Waals surface area contributed by atoms with Crippen LogP contribution in [-0.4, -0.2) is 68.2 Å². The van der Waals surface area contributed by atoms with Crippen molar-refractivity contribution in [3.8, 4) is 0 Å². The first-order valence-electron chi connectivity index (χ1n) is 9.49. The molecule has 1 saturated carbocycles. The molecule has 3 aliphatic rings. The van der Waals surface area contributed by atoms with E-state index in [1.165, 1.54) is 64.5 Å². The molecule has 0 N–H and O–H groups in total. The quantitative estimate of drug-likeness (QED) is 0.746. The molecule has 0 aromatic rings. The fourth-order valence-electron chi connectivity index (χ4n) is 4.28. The van der Waals surface area contributed by atoms with Gasteiger partial charge in [-0.05, 0) is 52.9 Å². The Balaban J connectivity index is 1.60. The maximum absolute atomic E-state index is 6.32. The highest BCUT2D eigenvalue weighted by Gasteiger charge is 2.34. The highest BCUT2D eigenvalue weighted by Crippen LogP contribution is 2.29. The second-order valence-corrected chi connectivity index (χ2v) is 7.60. The molecule has 0 amide bonds. The van der Waals surface area contributed by atoms with E-state index >= 15 is 0 Å². The van der Waals surface area contributed by atoms with E-state index in [2.05, 4.69) is 29.1 Å². The Morgan fingerprint density at radius 1 is 1.04 bits per heavy atom. The smallest absolute Gasteiger partial charge is 0.230 e. The maximum atomic E-state index is 6.32. The predicted octanol–water partition coefficient (Wildman–Crippen LogP) is 2.71. The Morgan fingerprint density at radius 2 is 1.78 bits per heavy atom. The Hall–Kier alpha value is -0.810. The van der Waals surface area contributed by atoms with Crippen molar-refractivity contribution in [3.63, 3.8) is 0 Å². The number of piperidine rings is 1. The molecule has 132 valence electrons. The lowest BCUT2D eigenvalue weighted by molar-refractivity contribution is -0.0186. The van der Waals surface area contributed by atoms with Crippen LogP contribution in [0.15, 0.2) is 5.16 Å². The monoisotopic (exact) mass is 323 g/mol. The van der Waals surface area contributed by atoms with E-state index in [0.29, 0.717) is 18.6 Å². The maximum Gasteiger partial charge on any atom is 0.230 e. The molecule has 3 atom stereocenters. The molecule has 0 radical (unpaired) electrons. The molecular formula is C18H33N3O2. The molecule has 2 heterocycles. The molecule has 5 nitrogen and oxygen atoms in total. The first-order valence-corrected chi connectivity index (χ1v) is 9.49. The first-order chi connectivity index (χ1) is 11.2. The van der Waals surface area contributed by atoms with Crippen molar-refractivity contribution in [3.05, 3.63) is 0 Å². The average Bonchev–Trinajstić information content (AvgIpc) is 2.82. The van der Waals surface area contributed by atoms with Gasteiger partial charge in [0.1, 0.15) is 6.10 Å². The van der Waals surface area contributed by atoms with Crippen LogP contribution in [0.25, 0.3) is 0 Å². The van der Waals surface area contributed by atoms with Gasteiger partial charge in [0.2, 0.25) is 5.90 Å². The van der Waals surface area contributed by atoms with Crippen LogP contribution in [0.5, 0.6) is 0 Å². The molecule has 0 aromatic heterocycles. The fourth-order valence-corrected chi connectivity index (χ4v) is 4.28. The van der Waals surface area contributed by atoms with E-state index in [9.17, 15) is 0 Å². The van der Waals surface area contributed by atoms with Crippen molar-refractivity contribution in [2.45, 2.75) is 63.5 Å². The lowest BCUT2D eigenvalue weighted by Crippen LogP contribution is -2.46. The number of nitrogens with zero attached hydrogens (tertiary/aromatic N) is 3. The number of ether oxygens (including phenoxy) is 1. The lowest BCUT2D eigenvalue weighted by Gasteiger charge is -2.36. The van der Waals surface area contributed by atoms with Gasteiger partial charge < -0.3 is 14.5 Å². The highest BCUT2D eigenvalue weighted by molar-refractivity contribution is 5.79. The zero-order valence-corrected chi connectivity index (χ0v) is 14.9. The summed E-state index contributed by atoms with van der Waals surface area (Å²) in [5.74, 6) is 1.25. The number of rotatable bonds is 4. The van der Waals surface area contributed by atoms with Crippen molar-refractivity contribution in [1.82, 2.24) is 9.80 Å². The Morgan fingerprint density at radius 3 is 2.57 bits per heavy atom. The average molecular weight is 323 g/mol. The van der Waals surface area contributed by atoms with Gasteiger partial charge in [0.25, 0.3) is 0 Å². The van der Waals surface area contributed by atoms with Crippen LogP contribution >= 0.6 is 0 Å². The summed E-state index contributed by atoms with van der Waals surface area (Å²) in [6.45, 7) is 3.99. The Kier molecular flexibility index (Phi) is 6.17. The van der Waals surface area contributed by atoms with Gasteiger partial charge in [-0.3, -0.25) is 4.90 Å². The summed E-state index contributed by atoms with van der Waals surface area (Å²) in [5, 5.41) is 4.32. The van der Waals surface area contributed by atoms with E-state index in [1.54, 1.807) is 0 Å². The van der Waals surface area contributed by atoms with E-state index in [1.807, 2.05) is 0 Å². The van der Waals surface area contributed by atoms with Crippen molar-refractivity contribution >= 4 is 5.90 Å². The fraction of sp³-hybridized carbons (Fsp3) is 0.944. The summed E-state index contributed by atoms with van der Waals surface area (Å²) < 4.78 is 6.32. The van der Waals surface area contributed by atoms with Crippen LogP contribution in [0.2, 0.25) is 0 Å². The molecule has 2 aliphatic heterocycles. The predicted molar refractivity (Wildman–Crippen MR) is 92.6 cm³/mol. The van der Waals surface area contributed by atoms with Gasteiger partial charge in [-0.1, -0.05) is 30.8 Å². The minimum atomic E-state index is 0.145. The summed E-state index contributed by atoms with van der Waals surface area (Å²) in [7, 11) is 4.36. The third-order valence-corrected chi connectivity index (χ3v) is 5.57. The van der Waals surface area contributed by atoms with Gasteiger partial charge in [-0.25, -0.2) is 0 Å². The summed E-state index contributed by atoms with van der Waals surface area (Å²) >= 11 is 0. The van der Waals surface area contributed by atoms with Gasteiger partial charge in [0, 0.05) is 12.6 Å². The molecule has 0 aromatic carbocycles. The number of oxime groups is 1. The molecule has 0 spiro atoms. The lowest BCUT2D eigenvalue weighted by atomic mass is 9.93. The number of likely N-dealkylation sites (tertiary alicyclic amines) is 1. The van der Waals surface area contributed by atoms with Crippen molar-refractivity contribution < 1.29 is 9.57 Å². The minimum Gasteiger partial charge on any atom is -0.470 e. The van der Waals surface area contributed by atoms with Crippen LogP contribution in [-0.2, 0) is 9.57 Å². The van der Waals surface area contributed by atoms with Crippen LogP contribution in [0, 0.1) is 5.92 Å². The summed E-state index contributed by atoms with van der Waals surface area (Å²) in [6.07, 6.45) is 10.5. The van der Waals surface area contributed by atoms with Crippen molar-refractivity contribution in [1.29, 1.82) is 0 Å². The molecule has 23 heavy (non-hydrogen) atoms. The van der Waals surface area contributed by atoms with E-state index in [4.69, 9.17) is 9.57 Å². The van der Waals surface area contributed by atoms with Gasteiger partial charge in [0.15, 0.2) is 6.61 Å². The molecule has 5 heteroatoms. The Bertz CT molecular complexity index is 394. The van der Waals surface area contributed by atoms with Crippen molar-refractivity contribution in [2.24, 2.45) is 11.1 Å². The zero-order chi connectivity index (χ0) is 16.1. The molecule has 1 saturated heterocycles. The largest absolute Gasteiger partial charge is 0.470 e. The van der Waals surface area contributed by atoms with Gasteiger partial charge >= 0.3 is 0 Å². The summed E-state index contributed by atoms with van der Waals surface area (Å²) in [4.78, 5) is 10.4. The van der Waals surface area contributed by atoms with E-state index in [-0.39, 0.29) is 6.10 Å². The third-order valence-electron chi connectivity index (χ3n) is 5.57. The number of hydrogen-bond donors (Lipinski definition) is 0. The first kappa shape index (κ1) is 17.0. The van der Waals surface area contributed by atoms with Gasteiger partial charge in [-0.2, -0.15) is 0 Å². The van der Waals surface area contributed by atoms with Crippen LogP contribution in [0.3, 0.4) is 0 Å². The van der Waals surface area contributed by atoms with E-state index in [0.717, 1.165) is 12.4 Å². The zero-order valence-electron chi connectivity index (χ0n) is 14.9. The van der Waals surface area contributed by atoms with Crippen LogP contribution in [0.4, 0.5) is 0 Å². The minimum absolute atomic E-state index is 0.145. The summed E-state index contributed by atoms with van der Waals surface area (Å²) in [5.41, 5.74) is 0. The van der Waals surface area contributed by atoms with E-state index < -0.39 is 0 Å². The number of hydrogen-bond acceptors (Lipinski definition) is 5. The van der Waals surface area contributed by atoms with Gasteiger partial charge in [-0.15, -0.1) is 0 Å². The standard InChI is InChI=1S/C18H33N3O2/c1-20(2)17-10-6-3-5-9-16(17)18-19-22-14-15(23-18)13-21-11-7-4-8-12-21/h15-17H,3-14H2,1-2H3/t15?,16-,17+/m1/s1. The molecule has 0 bridgehead atoms. The highest BCUT2D eigenvalue weighted by atomic mass is 16.7. The van der Waals surface area contributed by atoms with Crippen LogP contribution in [0.1, 0.15) is 51.4 Å². The molecule has 2 fully saturated rings. The molecule has 3 rings (SSSR count). The Labute approximate surface area is 141 Å². The summed E-state index contributed by atoms with van der Waals surface area (Å²) in [6, 6.07) is 0.522.